The Hall–Kier alpha value is -1.66. The zero-order chi connectivity index (χ0) is 14.1. The topological polar surface area (TPSA) is 52.8 Å². The summed E-state index contributed by atoms with van der Waals surface area (Å²) in [4.78, 5) is 13.3. The third kappa shape index (κ3) is 2.36. The van der Waals surface area contributed by atoms with Crippen molar-refractivity contribution in [1.29, 1.82) is 0 Å². The molecule has 1 atom stereocenters. The summed E-state index contributed by atoms with van der Waals surface area (Å²) in [5.41, 5.74) is 4.35. The monoisotopic (exact) mass is 308 g/mol. The van der Waals surface area contributed by atoms with E-state index in [0.717, 1.165) is 22.7 Å². The number of hydrogen-bond acceptors (Lipinski definition) is 5. The van der Waals surface area contributed by atoms with E-state index in [1.54, 1.807) is 24.5 Å². The van der Waals surface area contributed by atoms with Gasteiger partial charge < -0.3 is 9.30 Å². The molecular weight excluding hydrogens is 296 g/mol. The minimum absolute atomic E-state index is 0.200. The lowest BCUT2D eigenvalue weighted by molar-refractivity contribution is 0.399. The molecule has 5 nitrogen and oxygen atoms in total. The summed E-state index contributed by atoms with van der Waals surface area (Å²) in [5, 5.41) is 1.81. The molecule has 3 aromatic heterocycles. The molecule has 3 aromatic rings. The van der Waals surface area contributed by atoms with Crippen molar-refractivity contribution in [3.05, 3.63) is 34.5 Å². The van der Waals surface area contributed by atoms with E-state index in [1.165, 1.54) is 0 Å². The molecule has 0 spiro atoms. The number of rotatable bonds is 4. The van der Waals surface area contributed by atoms with Crippen molar-refractivity contribution in [3.8, 4) is 5.88 Å². The Balaban J connectivity index is 2.16. The Bertz CT molecular complexity index is 723. The predicted octanol–water partition coefficient (Wildman–Crippen LogP) is 3.24. The lowest BCUT2D eigenvalue weighted by atomic mass is 10.4. The first-order chi connectivity index (χ1) is 9.69. The lowest BCUT2D eigenvalue weighted by Gasteiger charge is -2.08. The van der Waals surface area contributed by atoms with Gasteiger partial charge in [-0.1, -0.05) is 0 Å². The molecule has 0 aliphatic heterocycles. The van der Waals surface area contributed by atoms with E-state index in [4.69, 9.17) is 16.3 Å². The minimum Gasteiger partial charge on any atom is -0.481 e. The van der Waals surface area contributed by atoms with Crippen molar-refractivity contribution < 1.29 is 4.74 Å². The van der Waals surface area contributed by atoms with Gasteiger partial charge in [0.25, 0.3) is 0 Å². The van der Waals surface area contributed by atoms with Crippen LogP contribution in [0.15, 0.2) is 23.0 Å². The van der Waals surface area contributed by atoms with E-state index < -0.39 is 0 Å². The molecule has 0 aliphatic rings. The van der Waals surface area contributed by atoms with E-state index in [1.807, 2.05) is 28.4 Å². The number of aromatic nitrogens is 4. The highest BCUT2D eigenvalue weighted by molar-refractivity contribution is 7.07. The standard InChI is InChI=1S/C13H13ClN4OS/c1-8(14)12-16-10-3-4-11(19-2)17-13(10)18(12)5-9-6-20-7-15-9/h3-4,6-8H,5H2,1-2H3. The van der Waals surface area contributed by atoms with Crippen LogP contribution in [0.5, 0.6) is 5.88 Å². The Kier molecular flexibility index (Phi) is 3.58. The second-order valence-corrected chi connectivity index (χ2v) is 5.72. The molecule has 20 heavy (non-hydrogen) atoms. The van der Waals surface area contributed by atoms with Gasteiger partial charge in [0.1, 0.15) is 11.3 Å². The molecular formula is C13H13ClN4OS. The zero-order valence-electron chi connectivity index (χ0n) is 11.1. The number of hydrogen-bond donors (Lipinski definition) is 0. The maximum Gasteiger partial charge on any atom is 0.215 e. The maximum atomic E-state index is 6.23. The molecule has 0 aromatic carbocycles. The van der Waals surface area contributed by atoms with Gasteiger partial charge >= 0.3 is 0 Å². The first kappa shape index (κ1) is 13.3. The Morgan fingerprint density at radius 1 is 1.40 bits per heavy atom. The van der Waals surface area contributed by atoms with Crippen LogP contribution in [0, 0.1) is 0 Å². The van der Waals surface area contributed by atoms with Gasteiger partial charge in [0, 0.05) is 11.4 Å². The molecule has 1 unspecified atom stereocenters. The second kappa shape index (κ2) is 5.38. The molecule has 104 valence electrons. The quantitative estimate of drug-likeness (QED) is 0.694. The van der Waals surface area contributed by atoms with E-state index in [-0.39, 0.29) is 5.38 Å². The number of nitrogens with zero attached hydrogens (tertiary/aromatic N) is 4. The number of pyridine rings is 1. The summed E-state index contributed by atoms with van der Waals surface area (Å²) in [6.07, 6.45) is 0. The summed E-state index contributed by atoms with van der Waals surface area (Å²) in [6, 6.07) is 3.69. The van der Waals surface area contributed by atoms with Gasteiger partial charge in [0.15, 0.2) is 5.65 Å². The number of alkyl halides is 1. The molecule has 0 amide bonds. The average molecular weight is 309 g/mol. The number of halogens is 1. The van der Waals surface area contributed by atoms with Crippen LogP contribution in [-0.2, 0) is 6.54 Å². The van der Waals surface area contributed by atoms with Crippen LogP contribution in [0.25, 0.3) is 11.2 Å². The van der Waals surface area contributed by atoms with Crippen LogP contribution in [0.4, 0.5) is 0 Å². The van der Waals surface area contributed by atoms with E-state index in [9.17, 15) is 0 Å². The largest absolute Gasteiger partial charge is 0.481 e. The molecule has 7 heteroatoms. The lowest BCUT2D eigenvalue weighted by Crippen LogP contribution is -2.07. The Morgan fingerprint density at radius 3 is 2.90 bits per heavy atom. The van der Waals surface area contributed by atoms with Crippen molar-refractivity contribution in [2.75, 3.05) is 7.11 Å². The van der Waals surface area contributed by atoms with Gasteiger partial charge in [-0.15, -0.1) is 22.9 Å². The normalized spacial score (nSPS) is 12.8. The van der Waals surface area contributed by atoms with Crippen LogP contribution < -0.4 is 4.74 Å². The second-order valence-electron chi connectivity index (χ2n) is 4.35. The van der Waals surface area contributed by atoms with Crippen molar-refractivity contribution >= 4 is 34.1 Å². The van der Waals surface area contributed by atoms with Gasteiger partial charge in [-0.05, 0) is 13.0 Å². The van der Waals surface area contributed by atoms with Crippen molar-refractivity contribution in [2.45, 2.75) is 18.8 Å². The highest BCUT2D eigenvalue weighted by Gasteiger charge is 2.17. The highest BCUT2D eigenvalue weighted by atomic mass is 35.5. The van der Waals surface area contributed by atoms with E-state index in [2.05, 4.69) is 15.0 Å². The van der Waals surface area contributed by atoms with Crippen molar-refractivity contribution in [2.24, 2.45) is 0 Å². The first-order valence-electron chi connectivity index (χ1n) is 6.11. The fraction of sp³-hybridized carbons (Fsp3) is 0.308. The van der Waals surface area contributed by atoms with Crippen molar-refractivity contribution in [1.82, 2.24) is 19.5 Å². The van der Waals surface area contributed by atoms with Gasteiger partial charge in [-0.25, -0.2) is 9.97 Å². The molecule has 0 fully saturated rings. The van der Waals surface area contributed by atoms with Crippen LogP contribution in [0.3, 0.4) is 0 Å². The zero-order valence-corrected chi connectivity index (χ0v) is 12.6. The predicted molar refractivity (Wildman–Crippen MR) is 79.6 cm³/mol. The summed E-state index contributed by atoms with van der Waals surface area (Å²) >= 11 is 7.80. The van der Waals surface area contributed by atoms with E-state index in [0.29, 0.717) is 12.4 Å². The summed E-state index contributed by atoms with van der Waals surface area (Å²) < 4.78 is 7.17. The summed E-state index contributed by atoms with van der Waals surface area (Å²) in [5.74, 6) is 1.35. The van der Waals surface area contributed by atoms with Gasteiger partial charge in [0.05, 0.1) is 30.2 Å². The Labute approximate surface area is 125 Å². The fourth-order valence-electron chi connectivity index (χ4n) is 2.05. The number of fused-ring (bicyclic) bond motifs is 1. The fourth-order valence-corrected chi connectivity index (χ4v) is 2.77. The van der Waals surface area contributed by atoms with Crippen LogP contribution in [0.1, 0.15) is 23.8 Å². The smallest absolute Gasteiger partial charge is 0.215 e. The van der Waals surface area contributed by atoms with E-state index >= 15 is 0 Å². The SMILES string of the molecule is COc1ccc2nc(C(C)Cl)n(Cc3cscn3)c2n1. The summed E-state index contributed by atoms with van der Waals surface area (Å²) in [6.45, 7) is 2.50. The molecule has 3 rings (SSSR count). The average Bonchev–Trinajstić information content (AvgIpc) is 3.07. The van der Waals surface area contributed by atoms with Crippen LogP contribution >= 0.6 is 22.9 Å². The van der Waals surface area contributed by atoms with Crippen LogP contribution in [-0.4, -0.2) is 26.6 Å². The Morgan fingerprint density at radius 2 is 2.25 bits per heavy atom. The van der Waals surface area contributed by atoms with Gasteiger partial charge in [0.2, 0.25) is 5.88 Å². The number of imidazole rings is 1. The minimum atomic E-state index is -0.200. The number of ether oxygens (including phenoxy) is 1. The van der Waals surface area contributed by atoms with Crippen LogP contribution in [0.2, 0.25) is 0 Å². The molecule has 0 bridgehead atoms. The number of thiazole rings is 1. The molecule has 0 saturated carbocycles. The third-order valence-corrected chi connectivity index (χ3v) is 3.80. The molecule has 0 aliphatic carbocycles. The van der Waals surface area contributed by atoms with Gasteiger partial charge in [-0.2, -0.15) is 4.98 Å². The first-order valence-corrected chi connectivity index (χ1v) is 7.49. The molecule has 0 radical (unpaired) electrons. The third-order valence-electron chi connectivity index (χ3n) is 2.96. The molecule has 0 saturated heterocycles. The van der Waals surface area contributed by atoms with Crippen molar-refractivity contribution in [3.63, 3.8) is 0 Å². The maximum absolute atomic E-state index is 6.23. The molecule has 0 N–H and O–H groups in total. The molecule has 3 heterocycles. The summed E-state index contributed by atoms with van der Waals surface area (Å²) in [7, 11) is 1.60. The highest BCUT2D eigenvalue weighted by Crippen LogP contribution is 2.26. The number of methoxy groups -OCH3 is 1. The van der Waals surface area contributed by atoms with Gasteiger partial charge in [-0.3, -0.25) is 0 Å².